The molecule has 0 unspecified atom stereocenters. The van der Waals surface area contributed by atoms with E-state index in [9.17, 15) is 32.8 Å². The van der Waals surface area contributed by atoms with Gasteiger partial charge in [-0.3, -0.25) is 19.8 Å². The number of aliphatic carboxylic acids is 1. The van der Waals surface area contributed by atoms with Gasteiger partial charge in [-0.2, -0.15) is 13.2 Å². The lowest BCUT2D eigenvalue weighted by Gasteiger charge is -2.38. The Morgan fingerprint density at radius 1 is 1.04 bits per heavy atom. The number of fused-ring (bicyclic) bond motifs is 1. The van der Waals surface area contributed by atoms with E-state index in [2.05, 4.69) is 10.3 Å². The lowest BCUT2D eigenvalue weighted by atomic mass is 9.91. The maximum Gasteiger partial charge on any atom is 0.490 e. The molecule has 1 saturated heterocycles. The number of para-hydroxylation sites is 1. The summed E-state index contributed by atoms with van der Waals surface area (Å²) in [4.78, 5) is 52.7. The number of carbonyl (C=O) groups excluding carboxylic acids is 3. The summed E-state index contributed by atoms with van der Waals surface area (Å²) in [7, 11) is 0. The molecule has 1 aliphatic heterocycles. The fourth-order valence-electron chi connectivity index (χ4n) is 4.60. The fourth-order valence-corrected chi connectivity index (χ4v) is 4.60. The number of ether oxygens (including phenoxy) is 2. The summed E-state index contributed by atoms with van der Waals surface area (Å²) >= 11 is 0. The van der Waals surface area contributed by atoms with Crippen LogP contribution in [0.1, 0.15) is 48.8 Å². The zero-order valence-corrected chi connectivity index (χ0v) is 25.6. The molecule has 4 N–H and O–H groups in total. The van der Waals surface area contributed by atoms with Crippen LogP contribution < -0.4 is 15.5 Å². The number of likely N-dealkylation sites (tertiary alicyclic amines) is 1. The van der Waals surface area contributed by atoms with Crippen LogP contribution in [0.5, 0.6) is 5.75 Å². The number of hydrogen-bond donors (Lipinski definition) is 4. The SMILES string of the molecule is Cc1cc(COc2ccc(C(=O)N[C@H]3CCN(C(=O)OC(C)(C)C)C[C@@H]3C(=O)NO)cc2)c2ccccc2n1.O=C(O)C(F)(F)F. The molecule has 2 atom stereocenters. The van der Waals surface area contributed by atoms with Crippen LogP contribution in [0.2, 0.25) is 0 Å². The second kappa shape index (κ2) is 14.9. The number of alkyl halides is 3. The summed E-state index contributed by atoms with van der Waals surface area (Å²) in [5, 5.41) is 20.3. The molecule has 3 aromatic rings. The normalized spacial score (nSPS) is 16.5. The van der Waals surface area contributed by atoms with Gasteiger partial charge < -0.3 is 24.8 Å². The van der Waals surface area contributed by atoms with E-state index in [0.717, 1.165) is 22.2 Å². The van der Waals surface area contributed by atoms with E-state index in [1.807, 2.05) is 37.3 Å². The van der Waals surface area contributed by atoms with E-state index in [-0.39, 0.29) is 12.5 Å². The van der Waals surface area contributed by atoms with Gasteiger partial charge in [-0.05, 0) is 70.5 Å². The lowest BCUT2D eigenvalue weighted by Crippen LogP contribution is -2.57. The highest BCUT2D eigenvalue weighted by molar-refractivity contribution is 5.95. The first-order chi connectivity index (χ1) is 21.5. The van der Waals surface area contributed by atoms with Gasteiger partial charge in [0.05, 0.1) is 11.4 Å². The lowest BCUT2D eigenvalue weighted by molar-refractivity contribution is -0.192. The number of amides is 3. The highest BCUT2D eigenvalue weighted by Crippen LogP contribution is 2.23. The predicted octanol–water partition coefficient (Wildman–Crippen LogP) is 4.62. The molecular formula is C31H35F3N4O8. The number of aryl methyl sites for hydroxylation is 1. The number of nitrogens with zero attached hydrogens (tertiary/aromatic N) is 2. The molecule has 0 saturated carbocycles. The average Bonchev–Trinajstić information content (AvgIpc) is 2.98. The van der Waals surface area contributed by atoms with Crippen molar-refractivity contribution in [3.05, 3.63) is 71.4 Å². The fraction of sp³-hybridized carbons (Fsp3) is 0.387. The first-order valence-electron chi connectivity index (χ1n) is 14.1. The Morgan fingerprint density at radius 3 is 2.26 bits per heavy atom. The first-order valence-corrected chi connectivity index (χ1v) is 14.1. The van der Waals surface area contributed by atoms with Crippen molar-refractivity contribution in [3.8, 4) is 5.75 Å². The van der Waals surface area contributed by atoms with Crippen molar-refractivity contribution in [1.82, 2.24) is 20.7 Å². The van der Waals surface area contributed by atoms with Crippen molar-refractivity contribution < 1.29 is 52.1 Å². The van der Waals surface area contributed by atoms with Gasteiger partial charge in [-0.15, -0.1) is 0 Å². The zero-order chi connectivity index (χ0) is 34.2. The van der Waals surface area contributed by atoms with Crippen molar-refractivity contribution in [2.45, 2.75) is 58.5 Å². The third kappa shape index (κ3) is 10.1. The highest BCUT2D eigenvalue weighted by atomic mass is 19.4. The largest absolute Gasteiger partial charge is 0.490 e. The number of benzene rings is 2. The molecule has 248 valence electrons. The molecule has 4 rings (SSSR count). The molecule has 15 heteroatoms. The number of carbonyl (C=O) groups is 4. The van der Waals surface area contributed by atoms with Gasteiger partial charge in [0, 0.05) is 41.3 Å². The number of hydrogen-bond acceptors (Lipinski definition) is 8. The van der Waals surface area contributed by atoms with Gasteiger partial charge in [0.2, 0.25) is 5.91 Å². The topological polar surface area (TPSA) is 167 Å². The second-order valence-electron chi connectivity index (χ2n) is 11.4. The molecule has 1 aromatic heterocycles. The van der Waals surface area contributed by atoms with Crippen molar-refractivity contribution in [2.75, 3.05) is 13.1 Å². The highest BCUT2D eigenvalue weighted by Gasteiger charge is 2.39. The van der Waals surface area contributed by atoms with Crippen LogP contribution >= 0.6 is 0 Å². The molecule has 1 aliphatic rings. The number of hydroxylamine groups is 1. The monoisotopic (exact) mass is 648 g/mol. The van der Waals surface area contributed by atoms with E-state index < -0.39 is 41.7 Å². The molecule has 2 heterocycles. The van der Waals surface area contributed by atoms with Gasteiger partial charge in [0.1, 0.15) is 18.0 Å². The summed E-state index contributed by atoms with van der Waals surface area (Å²) in [6, 6.07) is 16.0. The molecule has 3 amide bonds. The average molecular weight is 649 g/mol. The third-order valence-corrected chi connectivity index (χ3v) is 6.71. The summed E-state index contributed by atoms with van der Waals surface area (Å²) in [6.07, 6.45) is -5.31. The van der Waals surface area contributed by atoms with Crippen LogP contribution in [-0.2, 0) is 20.9 Å². The van der Waals surface area contributed by atoms with Crippen LogP contribution in [0.25, 0.3) is 10.9 Å². The molecule has 2 aromatic carbocycles. The molecule has 0 bridgehead atoms. The van der Waals surface area contributed by atoms with Gasteiger partial charge in [0.25, 0.3) is 5.91 Å². The summed E-state index contributed by atoms with van der Waals surface area (Å²) < 4.78 is 43.1. The molecule has 12 nitrogen and oxygen atoms in total. The minimum atomic E-state index is -5.08. The minimum Gasteiger partial charge on any atom is -0.489 e. The molecule has 0 aliphatic carbocycles. The molecule has 1 fully saturated rings. The summed E-state index contributed by atoms with van der Waals surface area (Å²) in [5.41, 5.74) is 4.19. The van der Waals surface area contributed by atoms with Crippen molar-refractivity contribution in [3.63, 3.8) is 0 Å². The van der Waals surface area contributed by atoms with Crippen molar-refractivity contribution in [2.24, 2.45) is 5.92 Å². The van der Waals surface area contributed by atoms with Gasteiger partial charge >= 0.3 is 18.2 Å². The van der Waals surface area contributed by atoms with E-state index in [0.29, 0.717) is 30.9 Å². The Morgan fingerprint density at radius 2 is 1.67 bits per heavy atom. The Kier molecular flexibility index (Phi) is 11.5. The van der Waals surface area contributed by atoms with Crippen molar-refractivity contribution >= 4 is 34.8 Å². The van der Waals surface area contributed by atoms with Crippen molar-refractivity contribution in [1.29, 1.82) is 0 Å². The number of nitrogens with one attached hydrogen (secondary N) is 2. The summed E-state index contributed by atoms with van der Waals surface area (Å²) in [6.45, 7) is 7.87. The Hall–Kier alpha value is -4.92. The van der Waals surface area contributed by atoms with Gasteiger partial charge in [-0.1, -0.05) is 18.2 Å². The van der Waals surface area contributed by atoms with E-state index in [1.54, 1.807) is 50.5 Å². The molecular weight excluding hydrogens is 613 g/mol. The quantitative estimate of drug-likeness (QED) is 0.220. The number of carboxylic acids is 1. The molecule has 46 heavy (non-hydrogen) atoms. The summed E-state index contributed by atoms with van der Waals surface area (Å²) in [5.74, 6) is -4.05. The smallest absolute Gasteiger partial charge is 0.489 e. The third-order valence-electron chi connectivity index (χ3n) is 6.71. The number of halogens is 3. The van der Waals surface area contributed by atoms with Crippen LogP contribution in [0.3, 0.4) is 0 Å². The number of rotatable bonds is 6. The maximum absolute atomic E-state index is 13.0. The van der Waals surface area contributed by atoms with Crippen LogP contribution in [0, 0.1) is 12.8 Å². The number of carboxylic acid groups (broad SMARTS) is 1. The number of aromatic nitrogens is 1. The number of pyridine rings is 1. The zero-order valence-electron chi connectivity index (χ0n) is 25.6. The first kappa shape index (κ1) is 35.6. The Labute approximate surface area is 262 Å². The maximum atomic E-state index is 13.0. The van der Waals surface area contributed by atoms with Gasteiger partial charge in [0.15, 0.2) is 0 Å². The van der Waals surface area contributed by atoms with E-state index >= 15 is 0 Å². The van der Waals surface area contributed by atoms with Crippen LogP contribution in [0.4, 0.5) is 18.0 Å². The van der Waals surface area contributed by atoms with E-state index in [4.69, 9.17) is 19.4 Å². The molecule has 0 spiro atoms. The minimum absolute atomic E-state index is 0.00218. The Balaban J connectivity index is 0.000000738. The molecule has 0 radical (unpaired) electrons. The van der Waals surface area contributed by atoms with Gasteiger partial charge in [-0.25, -0.2) is 15.1 Å². The number of piperidine rings is 1. The second-order valence-corrected chi connectivity index (χ2v) is 11.4. The Bertz CT molecular complexity index is 1560. The van der Waals surface area contributed by atoms with Crippen LogP contribution in [-0.4, -0.2) is 75.0 Å². The van der Waals surface area contributed by atoms with Crippen LogP contribution in [0.15, 0.2) is 54.6 Å². The predicted molar refractivity (Wildman–Crippen MR) is 158 cm³/mol. The van der Waals surface area contributed by atoms with E-state index in [1.165, 1.54) is 4.90 Å². The standard InChI is InChI=1S/C29H34N4O6.C2HF3O2/c1-18-15-20(22-7-5-6-8-24(22)30-18)17-38-21-11-9-19(10-12-21)26(34)31-25-13-14-33(16-23(25)27(35)32-37)28(36)39-29(2,3)4;3-2(4,5)1(6)7/h5-12,15,23,25,37H,13-14,16-17H2,1-4H3,(H,31,34)(H,32,35);(H,6,7)/t23-,25-;/m0./s1.